The number of halogens is 1. The predicted octanol–water partition coefficient (Wildman–Crippen LogP) is 8.27. The van der Waals surface area contributed by atoms with Crippen molar-refractivity contribution in [1.82, 2.24) is 0 Å². The molecule has 1 unspecified atom stereocenters. The average Bonchev–Trinajstić information content (AvgIpc) is 2.76. The molecule has 0 N–H and O–H groups in total. The van der Waals surface area contributed by atoms with Gasteiger partial charge in [0.1, 0.15) is 0 Å². The van der Waals surface area contributed by atoms with Gasteiger partial charge in [-0.15, -0.1) is 0 Å². The Bertz CT molecular complexity index is 642. The van der Waals surface area contributed by atoms with E-state index in [-0.39, 0.29) is 5.82 Å². The van der Waals surface area contributed by atoms with E-state index in [1.165, 1.54) is 64.2 Å². The minimum absolute atomic E-state index is 0.221. The molecule has 3 rings (SSSR count). The van der Waals surface area contributed by atoms with Crippen LogP contribution in [0.5, 0.6) is 5.75 Å². The van der Waals surface area contributed by atoms with E-state index in [1.807, 2.05) is 13.0 Å². The molecule has 0 spiro atoms. The van der Waals surface area contributed by atoms with Crippen LogP contribution in [0.15, 0.2) is 29.8 Å². The summed E-state index contributed by atoms with van der Waals surface area (Å²) in [6.45, 7) is 4.96. The number of hydrogen-bond acceptors (Lipinski definition) is 1. The number of allylic oxidation sites excluding steroid dienone is 2. The average molecular weight is 401 g/mol. The molecule has 0 bridgehead atoms. The second-order valence-corrected chi connectivity index (χ2v) is 9.49. The number of hydrogen-bond donors (Lipinski definition) is 0. The smallest absolute Gasteiger partial charge is 0.165 e. The predicted molar refractivity (Wildman–Crippen MR) is 121 cm³/mol. The van der Waals surface area contributed by atoms with Crippen molar-refractivity contribution in [3.8, 4) is 5.75 Å². The van der Waals surface area contributed by atoms with Gasteiger partial charge in [0.15, 0.2) is 11.6 Å². The van der Waals surface area contributed by atoms with Crippen LogP contribution in [0.1, 0.15) is 96.5 Å². The van der Waals surface area contributed by atoms with Crippen LogP contribution >= 0.6 is 0 Å². The molecule has 0 radical (unpaired) electrons. The van der Waals surface area contributed by atoms with Gasteiger partial charge in [0.05, 0.1) is 6.61 Å². The highest BCUT2D eigenvalue weighted by Gasteiger charge is 2.22. The summed E-state index contributed by atoms with van der Waals surface area (Å²) < 4.78 is 19.6. The van der Waals surface area contributed by atoms with Gasteiger partial charge in [-0.2, -0.15) is 0 Å². The molecule has 0 amide bonds. The Morgan fingerprint density at radius 3 is 2.34 bits per heavy atom. The third-order valence-corrected chi connectivity index (χ3v) is 7.33. The monoisotopic (exact) mass is 400 g/mol. The van der Waals surface area contributed by atoms with Crippen molar-refractivity contribution in [2.75, 3.05) is 6.61 Å². The lowest BCUT2D eigenvalue weighted by atomic mass is 9.76. The summed E-state index contributed by atoms with van der Waals surface area (Å²) in [6.07, 6.45) is 19.4. The molecule has 0 aromatic heterocycles. The van der Waals surface area contributed by atoms with E-state index < -0.39 is 0 Å². The summed E-state index contributed by atoms with van der Waals surface area (Å²) in [5.74, 6) is 3.08. The van der Waals surface area contributed by atoms with Gasteiger partial charge in [0, 0.05) is 0 Å². The quantitative estimate of drug-likeness (QED) is 0.359. The Morgan fingerprint density at radius 2 is 1.69 bits per heavy atom. The minimum atomic E-state index is -0.221. The Kier molecular flexibility index (Phi) is 9.08. The van der Waals surface area contributed by atoms with Gasteiger partial charge >= 0.3 is 0 Å². The summed E-state index contributed by atoms with van der Waals surface area (Å²) >= 11 is 0. The summed E-state index contributed by atoms with van der Waals surface area (Å²) in [5, 5.41) is 0. The molecule has 0 aliphatic heterocycles. The molecule has 162 valence electrons. The van der Waals surface area contributed by atoms with Gasteiger partial charge in [-0.1, -0.05) is 70.1 Å². The Balaban J connectivity index is 1.36. The van der Waals surface area contributed by atoms with Crippen molar-refractivity contribution in [2.24, 2.45) is 17.8 Å². The first-order valence-corrected chi connectivity index (χ1v) is 12.3. The second-order valence-electron chi connectivity index (χ2n) is 9.49. The first-order chi connectivity index (χ1) is 14.2. The molecule has 2 aliphatic carbocycles. The molecule has 2 aliphatic rings. The molecular weight excluding hydrogens is 359 g/mol. The molecule has 1 aromatic carbocycles. The van der Waals surface area contributed by atoms with Crippen molar-refractivity contribution in [3.05, 3.63) is 41.2 Å². The normalized spacial score (nSPS) is 24.9. The molecule has 1 saturated carbocycles. The Morgan fingerprint density at radius 1 is 0.931 bits per heavy atom. The third kappa shape index (κ3) is 7.15. The number of benzene rings is 1. The lowest BCUT2D eigenvalue weighted by Gasteiger charge is -2.29. The summed E-state index contributed by atoms with van der Waals surface area (Å²) in [5.41, 5.74) is 2.66. The zero-order valence-electron chi connectivity index (χ0n) is 18.7. The lowest BCUT2D eigenvalue weighted by molar-refractivity contribution is 0.241. The van der Waals surface area contributed by atoms with Gasteiger partial charge in [0.2, 0.25) is 0 Å². The van der Waals surface area contributed by atoms with E-state index in [0.717, 1.165) is 42.6 Å². The number of ether oxygens (including phenoxy) is 1. The van der Waals surface area contributed by atoms with E-state index in [1.54, 1.807) is 17.7 Å². The maximum Gasteiger partial charge on any atom is 0.165 e. The van der Waals surface area contributed by atoms with Gasteiger partial charge in [-0.05, 0) is 80.4 Å². The molecule has 1 atom stereocenters. The van der Waals surface area contributed by atoms with Crippen LogP contribution in [0, 0.1) is 23.6 Å². The van der Waals surface area contributed by atoms with Crippen molar-refractivity contribution in [2.45, 2.75) is 97.3 Å². The van der Waals surface area contributed by atoms with E-state index in [9.17, 15) is 4.39 Å². The van der Waals surface area contributed by atoms with Crippen molar-refractivity contribution in [1.29, 1.82) is 0 Å². The van der Waals surface area contributed by atoms with Gasteiger partial charge in [-0.3, -0.25) is 0 Å². The van der Waals surface area contributed by atoms with E-state index in [0.29, 0.717) is 12.4 Å². The van der Waals surface area contributed by atoms with Crippen LogP contribution in [-0.2, 0) is 6.42 Å². The SMILES string of the molecule is CCCOc1ccc(CCC2=CCC(CC[C@H]3CC[C@H](CC)CC3)CC2)cc1F. The van der Waals surface area contributed by atoms with Crippen LogP contribution in [0.2, 0.25) is 0 Å². The molecular formula is C27H41FO. The van der Waals surface area contributed by atoms with Gasteiger partial charge in [0.25, 0.3) is 0 Å². The zero-order valence-corrected chi connectivity index (χ0v) is 18.7. The Labute approximate surface area is 178 Å². The van der Waals surface area contributed by atoms with Crippen molar-refractivity contribution >= 4 is 0 Å². The van der Waals surface area contributed by atoms with Crippen LogP contribution in [0.4, 0.5) is 4.39 Å². The van der Waals surface area contributed by atoms with Crippen LogP contribution in [-0.4, -0.2) is 6.61 Å². The molecule has 0 saturated heterocycles. The topological polar surface area (TPSA) is 9.23 Å². The van der Waals surface area contributed by atoms with Crippen molar-refractivity contribution in [3.63, 3.8) is 0 Å². The molecule has 0 heterocycles. The van der Waals surface area contributed by atoms with Crippen LogP contribution in [0.25, 0.3) is 0 Å². The van der Waals surface area contributed by atoms with Gasteiger partial charge in [-0.25, -0.2) is 4.39 Å². The standard InChI is InChI=1S/C27H41FO/c1-3-19-29-27-18-17-25(20-26(27)28)16-15-24-13-11-23(12-14-24)10-9-22-7-5-21(4-2)6-8-22/h13,17-18,20-23H,3-12,14-16,19H2,1-2H3/t21-,22-,23?. The molecule has 1 fully saturated rings. The second kappa shape index (κ2) is 11.8. The summed E-state index contributed by atoms with van der Waals surface area (Å²) in [6, 6.07) is 5.47. The highest BCUT2D eigenvalue weighted by Crippen LogP contribution is 2.36. The number of rotatable bonds is 10. The molecule has 29 heavy (non-hydrogen) atoms. The fraction of sp³-hybridized carbons (Fsp3) is 0.704. The lowest BCUT2D eigenvalue weighted by Crippen LogP contribution is -2.15. The van der Waals surface area contributed by atoms with E-state index in [2.05, 4.69) is 13.0 Å². The van der Waals surface area contributed by atoms with Crippen LogP contribution < -0.4 is 4.74 Å². The Hall–Kier alpha value is -1.31. The molecule has 1 nitrogen and oxygen atoms in total. The zero-order chi connectivity index (χ0) is 20.5. The van der Waals surface area contributed by atoms with Gasteiger partial charge < -0.3 is 4.74 Å². The first-order valence-electron chi connectivity index (χ1n) is 12.3. The summed E-state index contributed by atoms with van der Waals surface area (Å²) in [7, 11) is 0. The van der Waals surface area contributed by atoms with Crippen LogP contribution in [0.3, 0.4) is 0 Å². The fourth-order valence-electron chi connectivity index (χ4n) is 5.17. The maximum absolute atomic E-state index is 14.1. The molecule has 1 aromatic rings. The first kappa shape index (κ1) is 22.4. The van der Waals surface area contributed by atoms with E-state index >= 15 is 0 Å². The molecule has 2 heteroatoms. The fourth-order valence-corrected chi connectivity index (χ4v) is 5.17. The minimum Gasteiger partial charge on any atom is -0.491 e. The highest BCUT2D eigenvalue weighted by atomic mass is 19.1. The maximum atomic E-state index is 14.1. The largest absolute Gasteiger partial charge is 0.491 e. The van der Waals surface area contributed by atoms with E-state index in [4.69, 9.17) is 4.74 Å². The van der Waals surface area contributed by atoms with Crippen molar-refractivity contribution < 1.29 is 9.13 Å². The third-order valence-electron chi connectivity index (χ3n) is 7.33. The number of aryl methyl sites for hydroxylation is 1. The summed E-state index contributed by atoms with van der Waals surface area (Å²) in [4.78, 5) is 0. The highest BCUT2D eigenvalue weighted by molar-refractivity contribution is 5.30.